The van der Waals surface area contributed by atoms with Crippen LogP contribution in [0.2, 0.25) is 5.02 Å². The fourth-order valence-corrected chi connectivity index (χ4v) is 3.90. The van der Waals surface area contributed by atoms with E-state index in [0.717, 1.165) is 29.1 Å². The van der Waals surface area contributed by atoms with Crippen LogP contribution in [0.15, 0.2) is 48.5 Å². The number of hydrogen-bond donors (Lipinski definition) is 1. The van der Waals surface area contributed by atoms with Crippen LogP contribution in [0.25, 0.3) is 5.69 Å². The third-order valence-corrected chi connectivity index (χ3v) is 5.37. The molecular weight excluding hydrogens is 455 g/mol. The van der Waals surface area contributed by atoms with Crippen molar-refractivity contribution in [1.82, 2.24) is 9.78 Å². The van der Waals surface area contributed by atoms with Crippen LogP contribution < -0.4 is 5.32 Å². The third kappa shape index (κ3) is 5.65. The molecule has 1 N–H and O–H groups in total. The maximum Gasteiger partial charge on any atom is 0.416 e. The molecule has 0 saturated carbocycles. The fraction of sp³-hybridized carbons (Fsp3) is 0.200. The van der Waals surface area contributed by atoms with Gasteiger partial charge in [-0.15, -0.1) is 0 Å². The van der Waals surface area contributed by atoms with Crippen molar-refractivity contribution in [1.29, 1.82) is 0 Å². The Kier molecular flexibility index (Phi) is 6.15. The lowest BCUT2D eigenvalue weighted by molar-refractivity contribution is -0.137. The van der Waals surface area contributed by atoms with Gasteiger partial charge < -0.3 is 5.32 Å². The number of carbonyl (C=O) groups is 1. The van der Waals surface area contributed by atoms with Gasteiger partial charge in [0.2, 0.25) is 0 Å². The molecule has 3 aromatic rings. The Morgan fingerprint density at radius 2 is 1.87 bits per heavy atom. The summed E-state index contributed by atoms with van der Waals surface area (Å²) in [4.78, 5) is 12.7. The normalized spacial score (nSPS) is 12.1. The molecule has 3 rings (SSSR count). The molecule has 0 aliphatic rings. The van der Waals surface area contributed by atoms with Gasteiger partial charge in [-0.3, -0.25) is 4.79 Å². The lowest BCUT2D eigenvalue weighted by Crippen LogP contribution is -2.16. The minimum atomic E-state index is -4.58. The largest absolute Gasteiger partial charge is 0.416 e. The third-order valence-electron chi connectivity index (χ3n) is 4.19. The Morgan fingerprint density at radius 3 is 2.52 bits per heavy atom. The SMILES string of the molecule is Cc1cc(NC(=O)c2cccc(CS(C)(=O)=O)c2)n(-c2cc(C(F)(F)F)ccc2Cl)n1. The van der Waals surface area contributed by atoms with Gasteiger partial charge >= 0.3 is 6.18 Å². The van der Waals surface area contributed by atoms with E-state index in [4.69, 9.17) is 11.6 Å². The van der Waals surface area contributed by atoms with Crippen molar-refractivity contribution in [3.63, 3.8) is 0 Å². The van der Waals surface area contributed by atoms with E-state index in [1.165, 1.54) is 18.2 Å². The number of carbonyl (C=O) groups excluding carboxylic acids is 1. The number of alkyl halides is 3. The Hall–Kier alpha value is -2.85. The maximum absolute atomic E-state index is 13.1. The predicted molar refractivity (Wildman–Crippen MR) is 111 cm³/mol. The van der Waals surface area contributed by atoms with E-state index in [0.29, 0.717) is 11.3 Å². The van der Waals surface area contributed by atoms with Gasteiger partial charge in [0.05, 0.1) is 27.7 Å². The first-order valence-electron chi connectivity index (χ1n) is 8.85. The standard InChI is InChI=1S/C20H17ClF3N3O3S/c1-12-8-18(25-19(28)14-5-3-4-13(9-14)11-31(2,29)30)27(26-12)17-10-15(20(22,23)24)6-7-16(17)21/h3-10H,11H2,1-2H3,(H,25,28). The van der Waals surface area contributed by atoms with Crippen LogP contribution in [-0.2, 0) is 21.8 Å². The zero-order valence-corrected chi connectivity index (χ0v) is 17.9. The molecule has 0 aliphatic carbocycles. The summed E-state index contributed by atoms with van der Waals surface area (Å²) in [6.45, 7) is 1.61. The number of aromatic nitrogens is 2. The Balaban J connectivity index is 1.96. The van der Waals surface area contributed by atoms with E-state index in [1.54, 1.807) is 19.1 Å². The number of sulfone groups is 1. The number of anilines is 1. The van der Waals surface area contributed by atoms with Gasteiger partial charge in [0.15, 0.2) is 9.84 Å². The number of rotatable bonds is 5. The van der Waals surface area contributed by atoms with Gasteiger partial charge in [-0.2, -0.15) is 18.3 Å². The topological polar surface area (TPSA) is 81.1 Å². The number of nitrogens with zero attached hydrogens (tertiary/aromatic N) is 2. The van der Waals surface area contributed by atoms with Crippen LogP contribution in [0, 0.1) is 6.92 Å². The summed E-state index contributed by atoms with van der Waals surface area (Å²) in [5.74, 6) is -0.706. The van der Waals surface area contributed by atoms with Crippen molar-refractivity contribution in [2.45, 2.75) is 18.9 Å². The van der Waals surface area contributed by atoms with E-state index in [9.17, 15) is 26.4 Å². The summed E-state index contributed by atoms with van der Waals surface area (Å²) in [6.07, 6.45) is -3.50. The van der Waals surface area contributed by atoms with Crippen molar-refractivity contribution < 1.29 is 26.4 Å². The van der Waals surface area contributed by atoms with E-state index < -0.39 is 27.5 Å². The summed E-state index contributed by atoms with van der Waals surface area (Å²) in [5, 5.41) is 6.76. The maximum atomic E-state index is 13.1. The van der Waals surface area contributed by atoms with Gasteiger partial charge in [0.25, 0.3) is 5.91 Å². The lowest BCUT2D eigenvalue weighted by Gasteiger charge is -2.13. The Bertz CT molecular complexity index is 1250. The summed E-state index contributed by atoms with van der Waals surface area (Å²) in [6, 6.07) is 10.3. The lowest BCUT2D eigenvalue weighted by atomic mass is 10.1. The quantitative estimate of drug-likeness (QED) is 0.587. The first-order valence-corrected chi connectivity index (χ1v) is 11.3. The molecule has 0 saturated heterocycles. The highest BCUT2D eigenvalue weighted by atomic mass is 35.5. The minimum Gasteiger partial charge on any atom is -0.306 e. The average molecular weight is 472 g/mol. The molecule has 11 heteroatoms. The second kappa shape index (κ2) is 8.35. The molecule has 1 amide bonds. The van der Waals surface area contributed by atoms with Crippen LogP contribution >= 0.6 is 11.6 Å². The van der Waals surface area contributed by atoms with Crippen molar-refractivity contribution in [2.24, 2.45) is 0 Å². The Labute approximate surface area is 181 Å². The molecule has 0 aliphatic heterocycles. The van der Waals surface area contributed by atoms with Crippen LogP contribution in [0.3, 0.4) is 0 Å². The van der Waals surface area contributed by atoms with Gasteiger partial charge in [0.1, 0.15) is 5.82 Å². The van der Waals surface area contributed by atoms with Crippen molar-refractivity contribution in [2.75, 3.05) is 11.6 Å². The van der Waals surface area contributed by atoms with Crippen LogP contribution in [0.5, 0.6) is 0 Å². The van der Waals surface area contributed by atoms with Crippen molar-refractivity contribution in [3.8, 4) is 5.69 Å². The number of aryl methyl sites for hydroxylation is 1. The number of hydrogen-bond acceptors (Lipinski definition) is 4. The van der Waals surface area contributed by atoms with Crippen LogP contribution in [-0.4, -0.2) is 30.4 Å². The molecule has 0 spiro atoms. The number of amides is 1. The monoisotopic (exact) mass is 471 g/mol. The van der Waals surface area contributed by atoms with E-state index >= 15 is 0 Å². The van der Waals surface area contributed by atoms with Crippen LogP contribution in [0.1, 0.15) is 27.2 Å². The zero-order valence-electron chi connectivity index (χ0n) is 16.4. The molecule has 1 aromatic heterocycles. The first-order chi connectivity index (χ1) is 14.3. The molecule has 2 aromatic carbocycles. The molecule has 164 valence electrons. The predicted octanol–water partition coefficient (Wildman–Crippen LogP) is 4.65. The molecular formula is C20H17ClF3N3O3S. The summed E-state index contributed by atoms with van der Waals surface area (Å²) in [7, 11) is -3.29. The highest BCUT2D eigenvalue weighted by Crippen LogP contribution is 2.34. The van der Waals surface area contributed by atoms with Gasteiger partial charge in [0, 0.05) is 17.9 Å². The second-order valence-electron chi connectivity index (χ2n) is 6.97. The zero-order chi connectivity index (χ0) is 23.0. The molecule has 0 unspecified atom stereocenters. The number of halogens is 4. The summed E-state index contributed by atoms with van der Waals surface area (Å²) < 4.78 is 63.5. The van der Waals surface area contributed by atoms with E-state index in [-0.39, 0.29) is 27.8 Å². The van der Waals surface area contributed by atoms with Gasteiger partial charge in [-0.1, -0.05) is 23.7 Å². The highest BCUT2D eigenvalue weighted by molar-refractivity contribution is 7.89. The Morgan fingerprint density at radius 1 is 1.16 bits per heavy atom. The number of nitrogens with one attached hydrogen (secondary N) is 1. The molecule has 0 fully saturated rings. The fourth-order valence-electron chi connectivity index (χ4n) is 2.92. The average Bonchev–Trinajstić information content (AvgIpc) is 3.00. The van der Waals surface area contributed by atoms with Crippen molar-refractivity contribution >= 4 is 33.2 Å². The van der Waals surface area contributed by atoms with Crippen molar-refractivity contribution in [3.05, 3.63) is 75.9 Å². The van der Waals surface area contributed by atoms with Gasteiger partial charge in [-0.05, 0) is 42.8 Å². The van der Waals surface area contributed by atoms with E-state index in [2.05, 4.69) is 10.4 Å². The smallest absolute Gasteiger partial charge is 0.306 e. The van der Waals surface area contributed by atoms with Gasteiger partial charge in [-0.25, -0.2) is 13.1 Å². The highest BCUT2D eigenvalue weighted by Gasteiger charge is 2.31. The molecule has 6 nitrogen and oxygen atoms in total. The molecule has 0 bridgehead atoms. The molecule has 0 radical (unpaired) electrons. The second-order valence-corrected chi connectivity index (χ2v) is 9.52. The summed E-state index contributed by atoms with van der Waals surface area (Å²) >= 11 is 6.10. The first kappa shape index (κ1) is 22.8. The molecule has 0 atom stereocenters. The summed E-state index contributed by atoms with van der Waals surface area (Å²) in [5.41, 5.74) is 0.0913. The number of benzene rings is 2. The molecule has 1 heterocycles. The van der Waals surface area contributed by atoms with E-state index in [1.807, 2.05) is 0 Å². The van der Waals surface area contributed by atoms with Crippen LogP contribution in [0.4, 0.5) is 19.0 Å². The minimum absolute atomic E-state index is 0.0155. The molecule has 31 heavy (non-hydrogen) atoms.